The first kappa shape index (κ1) is 19.2. The molecular weight excluding hydrogens is 368 g/mol. The fourth-order valence-electron chi connectivity index (χ4n) is 3.63. The zero-order valence-electron chi connectivity index (χ0n) is 16.4. The average molecular weight is 392 g/mol. The highest BCUT2D eigenvalue weighted by atomic mass is 16.3. The molecule has 2 aromatic heterocycles. The van der Waals surface area contributed by atoms with E-state index in [9.17, 15) is 15.0 Å². The number of hydrogen-bond acceptors (Lipinski definition) is 5. The highest BCUT2D eigenvalue weighted by Crippen LogP contribution is 2.32. The molecule has 2 heterocycles. The van der Waals surface area contributed by atoms with Crippen LogP contribution in [0.1, 0.15) is 19.4 Å². The Labute approximate surface area is 167 Å². The van der Waals surface area contributed by atoms with Gasteiger partial charge in [-0.05, 0) is 41.3 Å². The van der Waals surface area contributed by atoms with Crippen molar-refractivity contribution in [3.05, 3.63) is 64.6 Å². The molecule has 0 amide bonds. The Kier molecular flexibility index (Phi) is 5.08. The summed E-state index contributed by atoms with van der Waals surface area (Å²) in [6.07, 6.45) is 0. The van der Waals surface area contributed by atoms with Crippen molar-refractivity contribution in [1.29, 1.82) is 0 Å². The van der Waals surface area contributed by atoms with Crippen LogP contribution in [0.15, 0.2) is 53.3 Å². The smallest absolute Gasteiger partial charge is 0.348 e. The number of fused-ring (bicyclic) bond motifs is 3. The van der Waals surface area contributed by atoms with Crippen molar-refractivity contribution in [3.63, 3.8) is 0 Å². The number of pyridine rings is 1. The number of aromatic nitrogens is 3. The SMILES string of the molecule is CC(C)C(CO)NCc1cc(-c2cc3n[nH]c(=O)n3c3ccccc23)ccc1O. The van der Waals surface area contributed by atoms with Crippen LogP contribution in [0, 0.1) is 5.92 Å². The lowest BCUT2D eigenvalue weighted by molar-refractivity contribution is 0.209. The summed E-state index contributed by atoms with van der Waals surface area (Å²) in [5.41, 5.74) is 3.62. The number of hydrogen-bond donors (Lipinski definition) is 4. The van der Waals surface area contributed by atoms with Gasteiger partial charge in [0.25, 0.3) is 0 Å². The van der Waals surface area contributed by atoms with Crippen LogP contribution < -0.4 is 11.0 Å². The van der Waals surface area contributed by atoms with E-state index in [4.69, 9.17) is 0 Å². The minimum absolute atomic E-state index is 0.0351. The van der Waals surface area contributed by atoms with Gasteiger partial charge in [-0.25, -0.2) is 14.3 Å². The lowest BCUT2D eigenvalue weighted by Crippen LogP contribution is -2.36. The van der Waals surface area contributed by atoms with E-state index < -0.39 is 0 Å². The number of aliphatic hydroxyl groups is 1. The second-order valence-corrected chi connectivity index (χ2v) is 7.56. The van der Waals surface area contributed by atoms with Crippen molar-refractivity contribution >= 4 is 16.6 Å². The van der Waals surface area contributed by atoms with Crippen LogP contribution in [0.25, 0.3) is 27.7 Å². The maximum absolute atomic E-state index is 12.2. The molecule has 150 valence electrons. The van der Waals surface area contributed by atoms with E-state index in [1.165, 1.54) is 0 Å². The highest BCUT2D eigenvalue weighted by Gasteiger charge is 2.15. The molecule has 2 aromatic carbocycles. The summed E-state index contributed by atoms with van der Waals surface area (Å²) in [7, 11) is 0. The van der Waals surface area contributed by atoms with Crippen molar-refractivity contribution in [3.8, 4) is 16.9 Å². The van der Waals surface area contributed by atoms with Crippen LogP contribution in [0.3, 0.4) is 0 Å². The van der Waals surface area contributed by atoms with Crippen molar-refractivity contribution in [2.75, 3.05) is 6.61 Å². The Balaban J connectivity index is 1.81. The topological polar surface area (TPSA) is 103 Å². The Morgan fingerprint density at radius 3 is 2.72 bits per heavy atom. The first-order valence-corrected chi connectivity index (χ1v) is 9.65. The van der Waals surface area contributed by atoms with Crippen LogP contribution >= 0.6 is 0 Å². The summed E-state index contributed by atoms with van der Waals surface area (Å²) >= 11 is 0. The third kappa shape index (κ3) is 3.50. The fraction of sp³-hybridized carbons (Fsp3) is 0.273. The van der Waals surface area contributed by atoms with E-state index in [1.807, 2.05) is 56.3 Å². The molecule has 0 aliphatic rings. The first-order chi connectivity index (χ1) is 14.0. The molecule has 4 N–H and O–H groups in total. The second kappa shape index (κ2) is 7.69. The number of nitrogens with one attached hydrogen (secondary N) is 2. The van der Waals surface area contributed by atoms with Gasteiger partial charge in [-0.15, -0.1) is 0 Å². The second-order valence-electron chi connectivity index (χ2n) is 7.56. The number of phenolic OH excluding ortho intramolecular Hbond substituents is 1. The minimum Gasteiger partial charge on any atom is -0.508 e. The molecule has 0 spiro atoms. The van der Waals surface area contributed by atoms with Crippen LogP contribution in [-0.4, -0.2) is 37.5 Å². The molecular formula is C22H24N4O3. The van der Waals surface area contributed by atoms with Crippen molar-refractivity contribution in [1.82, 2.24) is 19.9 Å². The predicted molar refractivity (Wildman–Crippen MR) is 113 cm³/mol. The summed E-state index contributed by atoms with van der Waals surface area (Å²) in [5.74, 6) is 0.470. The van der Waals surface area contributed by atoms with Gasteiger partial charge < -0.3 is 15.5 Å². The van der Waals surface area contributed by atoms with Gasteiger partial charge in [0.2, 0.25) is 0 Å². The Morgan fingerprint density at radius 2 is 1.97 bits per heavy atom. The summed E-state index contributed by atoms with van der Waals surface area (Å²) in [4.78, 5) is 12.2. The molecule has 29 heavy (non-hydrogen) atoms. The predicted octanol–water partition coefficient (Wildman–Crippen LogP) is 2.65. The van der Waals surface area contributed by atoms with Gasteiger partial charge in [-0.2, -0.15) is 5.10 Å². The highest BCUT2D eigenvalue weighted by molar-refractivity contribution is 5.97. The van der Waals surface area contributed by atoms with Crippen molar-refractivity contribution < 1.29 is 10.2 Å². The molecule has 7 heteroatoms. The fourth-order valence-corrected chi connectivity index (χ4v) is 3.63. The number of aromatic amines is 1. The molecule has 0 saturated heterocycles. The van der Waals surface area contributed by atoms with Gasteiger partial charge >= 0.3 is 5.69 Å². The molecule has 1 unspecified atom stereocenters. The minimum atomic E-state index is -0.276. The number of nitrogens with zero attached hydrogens (tertiary/aromatic N) is 2. The van der Waals surface area contributed by atoms with E-state index in [0.717, 1.165) is 27.6 Å². The molecule has 0 fully saturated rings. The number of H-pyrrole nitrogens is 1. The quantitative estimate of drug-likeness (QED) is 0.404. The summed E-state index contributed by atoms with van der Waals surface area (Å²) in [5, 5.41) is 30.7. The molecule has 4 aromatic rings. The third-order valence-corrected chi connectivity index (χ3v) is 5.35. The standard InChI is InChI=1S/C22H24N4O3/c1-13(2)18(12-27)23-11-15-9-14(7-8-20(15)28)17-10-21-24-25-22(29)26(21)19-6-4-3-5-16(17)19/h3-10,13,18,23,27-28H,11-12H2,1-2H3,(H,25,29). The van der Waals surface area contributed by atoms with Gasteiger partial charge in [-0.3, -0.25) is 0 Å². The average Bonchev–Trinajstić information content (AvgIpc) is 3.10. The Hall–Kier alpha value is -3.16. The van der Waals surface area contributed by atoms with E-state index in [2.05, 4.69) is 15.5 Å². The third-order valence-electron chi connectivity index (χ3n) is 5.35. The lowest BCUT2D eigenvalue weighted by Gasteiger charge is -2.20. The number of para-hydroxylation sites is 1. The molecule has 7 nitrogen and oxygen atoms in total. The molecule has 4 rings (SSSR count). The zero-order chi connectivity index (χ0) is 20.5. The molecule has 0 saturated carbocycles. The summed E-state index contributed by atoms with van der Waals surface area (Å²) < 4.78 is 1.55. The van der Waals surface area contributed by atoms with Crippen LogP contribution in [0.4, 0.5) is 0 Å². The summed E-state index contributed by atoms with van der Waals surface area (Å²) in [6, 6.07) is 15.0. The van der Waals surface area contributed by atoms with Gasteiger partial charge in [0.1, 0.15) is 5.75 Å². The Morgan fingerprint density at radius 1 is 1.17 bits per heavy atom. The van der Waals surface area contributed by atoms with Crippen molar-refractivity contribution in [2.24, 2.45) is 5.92 Å². The molecule has 1 atom stereocenters. The molecule has 0 radical (unpaired) electrons. The van der Waals surface area contributed by atoms with E-state index in [1.54, 1.807) is 10.5 Å². The van der Waals surface area contributed by atoms with E-state index in [-0.39, 0.29) is 30.0 Å². The summed E-state index contributed by atoms with van der Waals surface area (Å²) in [6.45, 7) is 4.55. The number of benzene rings is 2. The van der Waals surface area contributed by atoms with Crippen LogP contribution in [0.2, 0.25) is 0 Å². The van der Waals surface area contributed by atoms with E-state index in [0.29, 0.717) is 12.2 Å². The number of rotatable bonds is 6. The van der Waals surface area contributed by atoms with Gasteiger partial charge in [0, 0.05) is 23.5 Å². The number of phenols is 1. The van der Waals surface area contributed by atoms with Gasteiger partial charge in [0.05, 0.1) is 12.1 Å². The molecule has 0 aliphatic carbocycles. The normalized spacial score (nSPS) is 12.8. The maximum atomic E-state index is 12.2. The molecule has 0 bridgehead atoms. The molecule has 0 aliphatic heterocycles. The van der Waals surface area contributed by atoms with Gasteiger partial charge in [-0.1, -0.05) is 38.1 Å². The maximum Gasteiger partial charge on any atom is 0.348 e. The Bertz CT molecular complexity index is 1230. The largest absolute Gasteiger partial charge is 0.508 e. The zero-order valence-corrected chi connectivity index (χ0v) is 16.4. The van der Waals surface area contributed by atoms with Crippen LogP contribution in [-0.2, 0) is 6.54 Å². The number of aliphatic hydroxyl groups excluding tert-OH is 1. The number of aromatic hydroxyl groups is 1. The van der Waals surface area contributed by atoms with Crippen LogP contribution in [0.5, 0.6) is 5.75 Å². The van der Waals surface area contributed by atoms with Crippen molar-refractivity contribution in [2.45, 2.75) is 26.4 Å². The van der Waals surface area contributed by atoms with Gasteiger partial charge in [0.15, 0.2) is 5.65 Å². The first-order valence-electron chi connectivity index (χ1n) is 9.65. The lowest BCUT2D eigenvalue weighted by atomic mass is 9.98. The monoisotopic (exact) mass is 392 g/mol. The van der Waals surface area contributed by atoms with E-state index >= 15 is 0 Å².